The molecule has 1 N–H and O–H groups in total. The Hall–Kier alpha value is -2.82. The number of carbonyl (C=O) groups is 2. The average molecular weight is 394 g/mol. The van der Waals surface area contributed by atoms with E-state index in [2.05, 4.69) is 43.1 Å². The highest BCUT2D eigenvalue weighted by Crippen LogP contribution is 2.31. The molecule has 2 aromatic carbocycles. The number of amides is 2. The molecule has 0 saturated carbocycles. The van der Waals surface area contributed by atoms with Crippen LogP contribution in [-0.2, 0) is 16.0 Å². The topological polar surface area (TPSA) is 52.7 Å². The highest BCUT2D eigenvalue weighted by molar-refractivity contribution is 6.04. The number of hydrogen-bond acceptors (Lipinski definition) is 3. The van der Waals surface area contributed by atoms with Gasteiger partial charge in [-0.2, -0.15) is 0 Å². The van der Waals surface area contributed by atoms with Crippen molar-refractivity contribution < 1.29 is 9.59 Å². The summed E-state index contributed by atoms with van der Waals surface area (Å²) >= 11 is 0. The quantitative estimate of drug-likeness (QED) is 0.759. The van der Waals surface area contributed by atoms with Crippen LogP contribution in [0.4, 0.5) is 17.1 Å². The van der Waals surface area contributed by atoms with Gasteiger partial charge in [-0.25, -0.2) is 0 Å². The normalized spacial score (nSPS) is 16.2. The Morgan fingerprint density at radius 2 is 1.86 bits per heavy atom. The number of rotatable bonds is 7. The third-order valence-corrected chi connectivity index (χ3v) is 5.75. The van der Waals surface area contributed by atoms with Gasteiger partial charge >= 0.3 is 0 Å². The summed E-state index contributed by atoms with van der Waals surface area (Å²) in [5.74, 6) is -0.416. The van der Waals surface area contributed by atoms with Crippen molar-refractivity contribution in [3.05, 3.63) is 53.6 Å². The Labute approximate surface area is 173 Å². The van der Waals surface area contributed by atoms with E-state index in [4.69, 9.17) is 0 Å². The number of nitrogens with one attached hydrogen (secondary N) is 1. The molecule has 0 aromatic heterocycles. The Morgan fingerprint density at radius 3 is 2.52 bits per heavy atom. The molecule has 154 valence electrons. The second-order valence-corrected chi connectivity index (χ2v) is 7.55. The first kappa shape index (κ1) is 20.9. The van der Waals surface area contributed by atoms with E-state index in [0.29, 0.717) is 6.54 Å². The van der Waals surface area contributed by atoms with Crippen molar-refractivity contribution in [1.82, 2.24) is 0 Å². The maximum Gasteiger partial charge on any atom is 0.229 e. The van der Waals surface area contributed by atoms with Gasteiger partial charge in [0.05, 0.1) is 5.92 Å². The van der Waals surface area contributed by atoms with E-state index in [0.717, 1.165) is 47.7 Å². The minimum atomic E-state index is -0.339. The van der Waals surface area contributed by atoms with Crippen LogP contribution in [0.3, 0.4) is 0 Å². The molecule has 0 radical (unpaired) electrons. The van der Waals surface area contributed by atoms with Crippen molar-refractivity contribution in [2.75, 3.05) is 34.8 Å². The highest BCUT2D eigenvalue weighted by atomic mass is 16.2. The second kappa shape index (κ2) is 9.12. The third kappa shape index (κ3) is 4.44. The molecule has 1 heterocycles. The molecule has 1 fully saturated rings. The van der Waals surface area contributed by atoms with Crippen LogP contribution in [0.2, 0.25) is 0 Å². The maximum absolute atomic E-state index is 12.8. The molecule has 1 aliphatic rings. The SMILES string of the molecule is CCc1ccccc1NC(=O)C1CC(=O)N(c2ccc(N(CC)CC)cc2C)C1. The van der Waals surface area contributed by atoms with Crippen molar-refractivity contribution in [3.63, 3.8) is 0 Å². The summed E-state index contributed by atoms with van der Waals surface area (Å²) in [5, 5.41) is 3.03. The second-order valence-electron chi connectivity index (χ2n) is 7.55. The van der Waals surface area contributed by atoms with Crippen LogP contribution in [0.25, 0.3) is 0 Å². The summed E-state index contributed by atoms with van der Waals surface area (Å²) in [7, 11) is 0. The van der Waals surface area contributed by atoms with Gasteiger partial charge in [0, 0.05) is 43.1 Å². The van der Waals surface area contributed by atoms with Crippen molar-refractivity contribution in [1.29, 1.82) is 0 Å². The highest BCUT2D eigenvalue weighted by Gasteiger charge is 2.35. The summed E-state index contributed by atoms with van der Waals surface area (Å²) in [5.41, 5.74) is 5.05. The molecular weight excluding hydrogens is 362 g/mol. The van der Waals surface area contributed by atoms with E-state index in [1.807, 2.05) is 37.3 Å². The smallest absolute Gasteiger partial charge is 0.229 e. The predicted octanol–water partition coefficient (Wildman–Crippen LogP) is 4.40. The molecule has 0 aliphatic carbocycles. The van der Waals surface area contributed by atoms with Crippen molar-refractivity contribution >= 4 is 28.9 Å². The van der Waals surface area contributed by atoms with E-state index in [-0.39, 0.29) is 24.2 Å². The van der Waals surface area contributed by atoms with Crippen LogP contribution in [0.1, 0.15) is 38.3 Å². The van der Waals surface area contributed by atoms with E-state index in [9.17, 15) is 9.59 Å². The molecule has 0 bridgehead atoms. The lowest BCUT2D eigenvalue weighted by atomic mass is 10.1. The first-order valence-corrected chi connectivity index (χ1v) is 10.5. The van der Waals surface area contributed by atoms with E-state index >= 15 is 0 Å². The zero-order valence-corrected chi connectivity index (χ0v) is 17.9. The average Bonchev–Trinajstić information content (AvgIpc) is 3.11. The first-order chi connectivity index (χ1) is 14.0. The van der Waals surface area contributed by atoms with Gasteiger partial charge in [0.15, 0.2) is 0 Å². The molecule has 2 amide bonds. The summed E-state index contributed by atoms with van der Waals surface area (Å²) in [6.07, 6.45) is 1.10. The molecule has 29 heavy (non-hydrogen) atoms. The summed E-state index contributed by atoms with van der Waals surface area (Å²) in [4.78, 5) is 29.5. The van der Waals surface area contributed by atoms with Crippen LogP contribution < -0.4 is 15.1 Å². The molecule has 0 spiro atoms. The lowest BCUT2D eigenvalue weighted by Gasteiger charge is -2.24. The molecule has 1 unspecified atom stereocenters. The Balaban J connectivity index is 1.74. The van der Waals surface area contributed by atoms with E-state index < -0.39 is 0 Å². The lowest BCUT2D eigenvalue weighted by molar-refractivity contribution is -0.122. The number of carbonyl (C=O) groups excluding carboxylic acids is 2. The van der Waals surface area contributed by atoms with Crippen LogP contribution in [-0.4, -0.2) is 31.4 Å². The number of nitrogens with zero attached hydrogens (tertiary/aromatic N) is 2. The molecule has 1 atom stereocenters. The number of benzene rings is 2. The van der Waals surface area contributed by atoms with Gasteiger partial charge in [0.25, 0.3) is 0 Å². The van der Waals surface area contributed by atoms with Crippen LogP contribution >= 0.6 is 0 Å². The third-order valence-electron chi connectivity index (χ3n) is 5.75. The van der Waals surface area contributed by atoms with Crippen molar-refractivity contribution in [2.24, 2.45) is 5.92 Å². The van der Waals surface area contributed by atoms with E-state index in [1.165, 1.54) is 0 Å². The summed E-state index contributed by atoms with van der Waals surface area (Å²) in [6.45, 7) is 10.7. The Bertz CT molecular complexity index is 889. The maximum atomic E-state index is 12.8. The van der Waals surface area contributed by atoms with E-state index in [1.54, 1.807) is 4.90 Å². The van der Waals surface area contributed by atoms with Crippen LogP contribution in [0, 0.1) is 12.8 Å². The molecular formula is C24H31N3O2. The number of anilines is 3. The largest absolute Gasteiger partial charge is 0.372 e. The molecule has 3 rings (SSSR count). The van der Waals surface area contributed by atoms with Crippen molar-refractivity contribution in [2.45, 2.75) is 40.5 Å². The van der Waals surface area contributed by atoms with Gasteiger partial charge in [-0.3, -0.25) is 9.59 Å². The van der Waals surface area contributed by atoms with Gasteiger partial charge in [-0.15, -0.1) is 0 Å². The fraction of sp³-hybridized carbons (Fsp3) is 0.417. The number of aryl methyl sites for hydroxylation is 2. The predicted molar refractivity (Wildman–Crippen MR) is 120 cm³/mol. The van der Waals surface area contributed by atoms with Gasteiger partial charge in [-0.05, 0) is 62.6 Å². The molecule has 2 aromatic rings. The van der Waals surface area contributed by atoms with Gasteiger partial charge in [0.2, 0.25) is 11.8 Å². The van der Waals surface area contributed by atoms with Crippen LogP contribution in [0.15, 0.2) is 42.5 Å². The van der Waals surface area contributed by atoms with Gasteiger partial charge in [0.1, 0.15) is 0 Å². The number of para-hydroxylation sites is 1. The zero-order valence-electron chi connectivity index (χ0n) is 17.9. The Morgan fingerprint density at radius 1 is 1.14 bits per heavy atom. The fourth-order valence-electron chi connectivity index (χ4n) is 4.03. The first-order valence-electron chi connectivity index (χ1n) is 10.5. The fourth-order valence-corrected chi connectivity index (χ4v) is 4.03. The monoisotopic (exact) mass is 393 g/mol. The number of hydrogen-bond donors (Lipinski definition) is 1. The Kier molecular flexibility index (Phi) is 6.57. The minimum Gasteiger partial charge on any atom is -0.372 e. The van der Waals surface area contributed by atoms with Crippen molar-refractivity contribution in [3.8, 4) is 0 Å². The molecule has 1 saturated heterocycles. The summed E-state index contributed by atoms with van der Waals surface area (Å²) in [6, 6.07) is 14.0. The molecule has 5 nitrogen and oxygen atoms in total. The molecule has 1 aliphatic heterocycles. The standard InChI is InChI=1S/C24H31N3O2/c1-5-18-10-8-9-11-21(18)25-24(29)19-15-23(28)27(16-19)22-13-12-20(14-17(22)4)26(6-2)7-3/h8-14,19H,5-7,15-16H2,1-4H3,(H,25,29). The van der Waals surface area contributed by atoms with Gasteiger partial charge < -0.3 is 15.1 Å². The molecule has 5 heteroatoms. The van der Waals surface area contributed by atoms with Crippen LogP contribution in [0.5, 0.6) is 0 Å². The summed E-state index contributed by atoms with van der Waals surface area (Å²) < 4.78 is 0. The minimum absolute atomic E-state index is 0.00705. The van der Waals surface area contributed by atoms with Gasteiger partial charge in [-0.1, -0.05) is 25.1 Å². The lowest BCUT2D eigenvalue weighted by Crippen LogP contribution is -2.29. The zero-order chi connectivity index (χ0) is 21.0.